The van der Waals surface area contributed by atoms with E-state index in [2.05, 4.69) is 39.9 Å². The summed E-state index contributed by atoms with van der Waals surface area (Å²) in [6.07, 6.45) is 3.23. The number of rotatable bonds is 8. The van der Waals surface area contributed by atoms with Crippen molar-refractivity contribution >= 4 is 11.8 Å². The van der Waals surface area contributed by atoms with Crippen molar-refractivity contribution in [3.8, 4) is 0 Å². The summed E-state index contributed by atoms with van der Waals surface area (Å²) in [5.74, 6) is 1.18. The molecule has 0 spiro atoms. The third kappa shape index (κ3) is 6.77. The molecule has 1 unspecified atom stereocenters. The number of nitrogens with one attached hydrogen (secondary N) is 1. The fourth-order valence-corrected chi connectivity index (χ4v) is 2.70. The number of thioether (sulfide) groups is 1. The zero-order valence-corrected chi connectivity index (χ0v) is 12.4. The quantitative estimate of drug-likeness (QED) is 0.647. The predicted octanol–water partition coefficient (Wildman–Crippen LogP) is 3.05. The highest BCUT2D eigenvalue weighted by atomic mass is 32.2. The topological polar surface area (TPSA) is 32.3 Å². The van der Waals surface area contributed by atoms with Crippen LogP contribution < -0.4 is 5.32 Å². The van der Waals surface area contributed by atoms with E-state index in [4.69, 9.17) is 0 Å². The Kier molecular flexibility index (Phi) is 7.70. The Morgan fingerprint density at radius 2 is 1.81 bits per heavy atom. The summed E-state index contributed by atoms with van der Waals surface area (Å²) >= 11 is 2.00. The minimum absolute atomic E-state index is 0.0484. The molecule has 1 atom stereocenters. The third-order valence-corrected chi connectivity index (χ3v) is 4.22. The van der Waals surface area contributed by atoms with E-state index in [9.17, 15) is 5.11 Å². The summed E-state index contributed by atoms with van der Waals surface area (Å²) in [7, 11) is 0. The SMILES string of the molecule is CCNC(CC)(CO)CCCSC(C)(C)C. The molecule has 16 heavy (non-hydrogen) atoms. The fraction of sp³-hybridized carbons (Fsp3) is 1.00. The van der Waals surface area contributed by atoms with Gasteiger partial charge < -0.3 is 10.4 Å². The summed E-state index contributed by atoms with van der Waals surface area (Å²) in [4.78, 5) is 0. The Morgan fingerprint density at radius 3 is 2.19 bits per heavy atom. The Morgan fingerprint density at radius 1 is 1.19 bits per heavy atom. The number of likely N-dealkylation sites (N-methyl/N-ethyl adjacent to an activating group) is 1. The molecule has 0 aromatic heterocycles. The molecular weight excluding hydrogens is 218 g/mol. The van der Waals surface area contributed by atoms with E-state index in [1.807, 2.05) is 11.8 Å². The Labute approximate surface area is 106 Å². The van der Waals surface area contributed by atoms with Crippen molar-refractivity contribution in [1.82, 2.24) is 5.32 Å². The van der Waals surface area contributed by atoms with Crippen molar-refractivity contribution in [2.45, 2.75) is 64.2 Å². The highest BCUT2D eigenvalue weighted by molar-refractivity contribution is 8.00. The van der Waals surface area contributed by atoms with Crippen LogP contribution in [0.2, 0.25) is 0 Å². The van der Waals surface area contributed by atoms with Gasteiger partial charge in [-0.3, -0.25) is 0 Å². The van der Waals surface area contributed by atoms with E-state index in [0.29, 0.717) is 4.75 Å². The lowest BCUT2D eigenvalue weighted by molar-refractivity contribution is 0.148. The number of hydrogen-bond donors (Lipinski definition) is 2. The van der Waals surface area contributed by atoms with Gasteiger partial charge in [0.1, 0.15) is 0 Å². The minimum Gasteiger partial charge on any atom is -0.394 e. The van der Waals surface area contributed by atoms with E-state index in [0.717, 1.165) is 19.4 Å². The molecule has 0 amide bonds. The second-order valence-corrected chi connectivity index (χ2v) is 7.31. The van der Waals surface area contributed by atoms with Gasteiger partial charge in [0, 0.05) is 10.3 Å². The highest BCUT2D eigenvalue weighted by Gasteiger charge is 2.25. The maximum absolute atomic E-state index is 9.50. The van der Waals surface area contributed by atoms with E-state index < -0.39 is 0 Å². The largest absolute Gasteiger partial charge is 0.394 e. The van der Waals surface area contributed by atoms with Crippen molar-refractivity contribution in [2.24, 2.45) is 0 Å². The average Bonchev–Trinajstić information content (AvgIpc) is 2.21. The van der Waals surface area contributed by atoms with Gasteiger partial charge >= 0.3 is 0 Å². The molecule has 0 heterocycles. The van der Waals surface area contributed by atoms with Crippen molar-refractivity contribution in [1.29, 1.82) is 0 Å². The van der Waals surface area contributed by atoms with E-state index >= 15 is 0 Å². The summed E-state index contributed by atoms with van der Waals surface area (Å²) < 4.78 is 0.353. The standard InChI is InChI=1S/C13H29NOS/c1-6-13(11-15,14-7-2)9-8-10-16-12(3,4)5/h14-15H,6-11H2,1-5H3. The lowest BCUT2D eigenvalue weighted by atomic mass is 9.91. The van der Waals surface area contributed by atoms with Gasteiger partial charge in [-0.15, -0.1) is 0 Å². The van der Waals surface area contributed by atoms with Crippen molar-refractivity contribution in [2.75, 3.05) is 18.9 Å². The van der Waals surface area contributed by atoms with Gasteiger partial charge in [-0.2, -0.15) is 11.8 Å². The van der Waals surface area contributed by atoms with Crippen LogP contribution in [0.1, 0.15) is 53.9 Å². The Hall–Kier alpha value is 0.270. The number of aliphatic hydroxyl groups is 1. The molecule has 0 radical (unpaired) electrons. The fourth-order valence-electron chi connectivity index (χ4n) is 1.80. The number of hydrogen-bond acceptors (Lipinski definition) is 3. The van der Waals surface area contributed by atoms with Gasteiger partial charge in [0.15, 0.2) is 0 Å². The minimum atomic E-state index is -0.0484. The third-order valence-electron chi connectivity index (χ3n) is 2.87. The summed E-state index contributed by atoms with van der Waals surface area (Å²) in [5, 5.41) is 12.9. The Bertz CT molecular complexity index is 173. The van der Waals surface area contributed by atoms with Gasteiger partial charge in [0.25, 0.3) is 0 Å². The van der Waals surface area contributed by atoms with Crippen LogP contribution in [0.25, 0.3) is 0 Å². The van der Waals surface area contributed by atoms with Crippen LogP contribution in [0.4, 0.5) is 0 Å². The molecule has 3 heteroatoms. The molecule has 0 aromatic carbocycles. The van der Waals surface area contributed by atoms with Gasteiger partial charge in [-0.1, -0.05) is 34.6 Å². The second-order valence-electron chi connectivity index (χ2n) is 5.39. The molecule has 0 saturated carbocycles. The molecular formula is C13H29NOS. The van der Waals surface area contributed by atoms with E-state index in [1.165, 1.54) is 12.2 Å². The molecule has 0 aliphatic heterocycles. The average molecular weight is 247 g/mol. The molecule has 98 valence electrons. The highest BCUT2D eigenvalue weighted by Crippen LogP contribution is 2.26. The first kappa shape index (κ1) is 16.3. The molecule has 2 nitrogen and oxygen atoms in total. The van der Waals surface area contributed by atoms with Crippen LogP contribution in [-0.2, 0) is 0 Å². The summed E-state index contributed by atoms with van der Waals surface area (Å²) in [6, 6.07) is 0. The van der Waals surface area contributed by atoms with Crippen LogP contribution in [0.5, 0.6) is 0 Å². The van der Waals surface area contributed by atoms with Crippen LogP contribution >= 0.6 is 11.8 Å². The molecule has 0 fully saturated rings. The molecule has 0 aliphatic rings. The molecule has 0 saturated heterocycles. The molecule has 0 bridgehead atoms. The maximum Gasteiger partial charge on any atom is 0.0613 e. The van der Waals surface area contributed by atoms with Gasteiger partial charge in [0.05, 0.1) is 6.61 Å². The normalized spacial score (nSPS) is 16.1. The van der Waals surface area contributed by atoms with Gasteiger partial charge in [0.2, 0.25) is 0 Å². The van der Waals surface area contributed by atoms with E-state index in [-0.39, 0.29) is 12.1 Å². The number of aliphatic hydroxyl groups excluding tert-OH is 1. The van der Waals surface area contributed by atoms with E-state index in [1.54, 1.807) is 0 Å². The smallest absolute Gasteiger partial charge is 0.0613 e. The lowest BCUT2D eigenvalue weighted by Gasteiger charge is -2.32. The summed E-state index contributed by atoms with van der Waals surface area (Å²) in [5.41, 5.74) is -0.0484. The zero-order valence-electron chi connectivity index (χ0n) is 11.6. The van der Waals surface area contributed by atoms with Crippen molar-refractivity contribution in [3.05, 3.63) is 0 Å². The zero-order chi connectivity index (χ0) is 12.7. The van der Waals surface area contributed by atoms with Crippen molar-refractivity contribution in [3.63, 3.8) is 0 Å². The monoisotopic (exact) mass is 247 g/mol. The summed E-state index contributed by atoms with van der Waals surface area (Å²) in [6.45, 7) is 12.2. The van der Waals surface area contributed by atoms with Gasteiger partial charge in [-0.25, -0.2) is 0 Å². The first-order chi connectivity index (χ1) is 7.39. The van der Waals surface area contributed by atoms with Crippen LogP contribution in [-0.4, -0.2) is 34.3 Å². The van der Waals surface area contributed by atoms with Crippen LogP contribution in [0.15, 0.2) is 0 Å². The molecule has 0 aromatic rings. The predicted molar refractivity (Wildman–Crippen MR) is 75.2 cm³/mol. The molecule has 2 N–H and O–H groups in total. The molecule has 0 rings (SSSR count). The second kappa shape index (κ2) is 7.57. The van der Waals surface area contributed by atoms with Crippen molar-refractivity contribution < 1.29 is 5.11 Å². The lowest BCUT2D eigenvalue weighted by Crippen LogP contribution is -2.48. The first-order valence-electron chi connectivity index (χ1n) is 6.39. The maximum atomic E-state index is 9.50. The first-order valence-corrected chi connectivity index (χ1v) is 7.37. The van der Waals surface area contributed by atoms with Crippen LogP contribution in [0.3, 0.4) is 0 Å². The Balaban J connectivity index is 3.93. The van der Waals surface area contributed by atoms with Gasteiger partial charge in [-0.05, 0) is 31.6 Å². The van der Waals surface area contributed by atoms with Crippen LogP contribution in [0, 0.1) is 0 Å². The molecule has 0 aliphatic carbocycles.